The number of aryl methyl sites for hydroxylation is 1. The van der Waals surface area contributed by atoms with E-state index in [-0.39, 0.29) is 11.8 Å². The summed E-state index contributed by atoms with van der Waals surface area (Å²) < 4.78 is 15.2. The number of benzene rings is 1. The zero-order valence-electron chi connectivity index (χ0n) is 16.6. The van der Waals surface area contributed by atoms with Crippen LogP contribution in [0.2, 0.25) is 0 Å². The zero-order chi connectivity index (χ0) is 19.7. The number of hydrogen-bond donors (Lipinski definition) is 0. The third-order valence-corrected chi connectivity index (χ3v) is 5.96. The maximum atomic E-state index is 15.2. The Balaban J connectivity index is 1.67. The number of halogens is 1. The highest BCUT2D eigenvalue weighted by Crippen LogP contribution is 2.50. The molecule has 1 aliphatic heterocycles. The average Bonchev–Trinajstić information content (AvgIpc) is 3.03. The summed E-state index contributed by atoms with van der Waals surface area (Å²) in [5.74, 6) is 0. The number of nitrogens with zero attached hydrogens (tertiary/aromatic N) is 5. The van der Waals surface area contributed by atoms with E-state index in [1.807, 2.05) is 31.2 Å². The van der Waals surface area contributed by atoms with Gasteiger partial charge in [0, 0.05) is 24.9 Å². The van der Waals surface area contributed by atoms with Gasteiger partial charge in [0.15, 0.2) is 0 Å². The topological polar surface area (TPSA) is 57.7 Å². The summed E-state index contributed by atoms with van der Waals surface area (Å²) in [6.07, 6.45) is 1.71. The molecule has 1 aromatic carbocycles. The number of likely N-dealkylation sites (tertiary alicyclic amines) is 1. The van der Waals surface area contributed by atoms with E-state index >= 15 is 4.39 Å². The van der Waals surface area contributed by atoms with Crippen LogP contribution in [0.3, 0.4) is 0 Å². The SMILES string of the molecule is Cc1cnn(-c2ccc(CN3CCC(CC#N)(C(C)(C)C)C(F)C3)cc2)n1. The van der Waals surface area contributed by atoms with Gasteiger partial charge in [-0.3, -0.25) is 4.90 Å². The van der Waals surface area contributed by atoms with E-state index in [9.17, 15) is 5.26 Å². The number of rotatable bonds is 4. The van der Waals surface area contributed by atoms with Crippen molar-refractivity contribution in [3.63, 3.8) is 0 Å². The third kappa shape index (κ3) is 3.89. The van der Waals surface area contributed by atoms with E-state index in [4.69, 9.17) is 0 Å². The Kier molecular flexibility index (Phi) is 5.34. The Labute approximate surface area is 160 Å². The van der Waals surface area contributed by atoms with Gasteiger partial charge in [-0.1, -0.05) is 32.9 Å². The van der Waals surface area contributed by atoms with Gasteiger partial charge in [0.25, 0.3) is 0 Å². The van der Waals surface area contributed by atoms with E-state index in [1.165, 1.54) is 0 Å². The minimum absolute atomic E-state index is 0.231. The summed E-state index contributed by atoms with van der Waals surface area (Å²) in [5, 5.41) is 17.8. The molecule has 0 bridgehead atoms. The third-order valence-electron chi connectivity index (χ3n) is 5.96. The van der Waals surface area contributed by atoms with Crippen LogP contribution in [0.15, 0.2) is 30.5 Å². The summed E-state index contributed by atoms with van der Waals surface area (Å²) in [6, 6.07) is 10.3. The highest BCUT2D eigenvalue weighted by atomic mass is 19.1. The second-order valence-electron chi connectivity index (χ2n) is 8.64. The summed E-state index contributed by atoms with van der Waals surface area (Å²) in [5.41, 5.74) is 2.13. The first-order chi connectivity index (χ1) is 12.7. The zero-order valence-corrected chi connectivity index (χ0v) is 16.6. The number of hydrogen-bond acceptors (Lipinski definition) is 4. The lowest BCUT2D eigenvalue weighted by Gasteiger charge is -2.51. The Hall–Kier alpha value is -2.26. The van der Waals surface area contributed by atoms with Crippen LogP contribution < -0.4 is 0 Å². The summed E-state index contributed by atoms with van der Waals surface area (Å²) in [4.78, 5) is 3.76. The van der Waals surface area contributed by atoms with Crippen molar-refractivity contribution >= 4 is 0 Å². The van der Waals surface area contributed by atoms with Gasteiger partial charge in [-0.05, 0) is 43.0 Å². The molecule has 1 aliphatic rings. The molecule has 1 saturated heterocycles. The van der Waals surface area contributed by atoms with Crippen LogP contribution in [0, 0.1) is 29.1 Å². The van der Waals surface area contributed by atoms with Gasteiger partial charge in [0.2, 0.25) is 0 Å². The Morgan fingerprint density at radius 1 is 1.30 bits per heavy atom. The Bertz CT molecular complexity index is 814. The molecular weight excluding hydrogens is 341 g/mol. The maximum absolute atomic E-state index is 15.2. The normalized spacial score (nSPS) is 23.9. The largest absolute Gasteiger partial charge is 0.296 e. The molecule has 144 valence electrons. The maximum Gasteiger partial charge on any atom is 0.120 e. The fraction of sp³-hybridized carbons (Fsp3) is 0.571. The molecular formula is C21H28FN5. The van der Waals surface area contributed by atoms with Crippen molar-refractivity contribution in [3.8, 4) is 11.8 Å². The molecule has 3 rings (SSSR count). The van der Waals surface area contributed by atoms with Crippen LogP contribution in [-0.4, -0.2) is 39.2 Å². The van der Waals surface area contributed by atoms with Gasteiger partial charge >= 0.3 is 0 Å². The number of aromatic nitrogens is 3. The van der Waals surface area contributed by atoms with Crippen LogP contribution >= 0.6 is 0 Å². The molecule has 0 N–H and O–H groups in total. The highest BCUT2D eigenvalue weighted by molar-refractivity contribution is 5.32. The van der Waals surface area contributed by atoms with E-state index in [2.05, 4.69) is 41.9 Å². The molecule has 2 atom stereocenters. The lowest BCUT2D eigenvalue weighted by atomic mass is 9.59. The number of alkyl halides is 1. The quantitative estimate of drug-likeness (QED) is 0.815. The van der Waals surface area contributed by atoms with Crippen molar-refractivity contribution in [1.82, 2.24) is 19.9 Å². The van der Waals surface area contributed by atoms with Crippen molar-refractivity contribution in [2.24, 2.45) is 10.8 Å². The van der Waals surface area contributed by atoms with Crippen LogP contribution in [0.1, 0.15) is 44.9 Å². The second-order valence-corrected chi connectivity index (χ2v) is 8.64. The second kappa shape index (κ2) is 7.40. The van der Waals surface area contributed by atoms with E-state index in [0.29, 0.717) is 19.5 Å². The minimum atomic E-state index is -0.999. The monoisotopic (exact) mass is 369 g/mol. The summed E-state index contributed by atoms with van der Waals surface area (Å²) >= 11 is 0. The van der Waals surface area contributed by atoms with Crippen molar-refractivity contribution < 1.29 is 4.39 Å². The average molecular weight is 369 g/mol. The van der Waals surface area contributed by atoms with Gasteiger partial charge in [-0.25, -0.2) is 4.39 Å². The molecule has 1 aromatic heterocycles. The van der Waals surface area contributed by atoms with Gasteiger partial charge in [0.1, 0.15) is 6.17 Å². The van der Waals surface area contributed by atoms with Crippen molar-refractivity contribution in [3.05, 3.63) is 41.7 Å². The lowest BCUT2D eigenvalue weighted by Crippen LogP contribution is -2.54. The number of piperidine rings is 1. The van der Waals surface area contributed by atoms with Gasteiger partial charge < -0.3 is 0 Å². The summed E-state index contributed by atoms with van der Waals surface area (Å²) in [7, 11) is 0. The van der Waals surface area contributed by atoms with Crippen molar-refractivity contribution in [1.29, 1.82) is 5.26 Å². The molecule has 0 aliphatic carbocycles. The molecule has 2 unspecified atom stereocenters. The number of nitriles is 1. The molecule has 5 nitrogen and oxygen atoms in total. The van der Waals surface area contributed by atoms with Crippen LogP contribution in [-0.2, 0) is 6.54 Å². The molecule has 2 heterocycles. The minimum Gasteiger partial charge on any atom is -0.296 e. The van der Waals surface area contributed by atoms with E-state index in [0.717, 1.165) is 23.5 Å². The predicted molar refractivity (Wildman–Crippen MR) is 103 cm³/mol. The molecule has 0 spiro atoms. The summed E-state index contributed by atoms with van der Waals surface area (Å²) in [6.45, 7) is 9.95. The first-order valence-electron chi connectivity index (χ1n) is 9.47. The fourth-order valence-corrected chi connectivity index (χ4v) is 4.06. The van der Waals surface area contributed by atoms with Gasteiger partial charge in [-0.2, -0.15) is 20.3 Å². The fourth-order valence-electron chi connectivity index (χ4n) is 4.06. The molecule has 2 aromatic rings. The molecule has 0 amide bonds. The van der Waals surface area contributed by atoms with Crippen LogP contribution in [0.5, 0.6) is 0 Å². The Morgan fingerprint density at radius 2 is 2.00 bits per heavy atom. The van der Waals surface area contributed by atoms with E-state index in [1.54, 1.807) is 11.0 Å². The van der Waals surface area contributed by atoms with Gasteiger partial charge in [-0.15, -0.1) is 0 Å². The predicted octanol–water partition coefficient (Wildman–Crippen LogP) is 4.07. The van der Waals surface area contributed by atoms with Gasteiger partial charge in [0.05, 0.1) is 23.6 Å². The van der Waals surface area contributed by atoms with E-state index < -0.39 is 11.6 Å². The molecule has 0 radical (unpaired) electrons. The molecule has 6 heteroatoms. The molecule has 1 fully saturated rings. The molecule has 0 saturated carbocycles. The highest BCUT2D eigenvalue weighted by Gasteiger charge is 2.51. The van der Waals surface area contributed by atoms with Crippen LogP contribution in [0.4, 0.5) is 4.39 Å². The van der Waals surface area contributed by atoms with Crippen molar-refractivity contribution in [2.45, 2.75) is 53.3 Å². The van der Waals surface area contributed by atoms with Crippen LogP contribution in [0.25, 0.3) is 5.69 Å². The lowest BCUT2D eigenvalue weighted by molar-refractivity contribution is -0.0660. The first kappa shape index (κ1) is 19.5. The molecule has 27 heavy (non-hydrogen) atoms. The Morgan fingerprint density at radius 3 is 2.52 bits per heavy atom. The standard InChI is InChI=1S/C21H28FN5/c1-16-13-24-27(25-16)18-7-5-17(6-8-18)14-26-12-10-21(9-11-23,19(22)15-26)20(2,3)4/h5-8,13,19H,9-10,12,14-15H2,1-4H3. The van der Waals surface area contributed by atoms with Crippen molar-refractivity contribution in [2.75, 3.05) is 13.1 Å². The first-order valence-corrected chi connectivity index (χ1v) is 9.47. The smallest absolute Gasteiger partial charge is 0.120 e.